The number of carbonyl (C=O) groups excluding carboxylic acids is 1. The van der Waals surface area contributed by atoms with Gasteiger partial charge in [0.15, 0.2) is 0 Å². The lowest BCUT2D eigenvalue weighted by atomic mass is 9.98. The molecule has 2 aliphatic rings. The number of hydrogen-bond acceptors (Lipinski definition) is 4. The molecule has 0 unspecified atom stereocenters. The first kappa shape index (κ1) is 15.9. The Labute approximate surface area is 122 Å². The summed E-state index contributed by atoms with van der Waals surface area (Å²) in [6, 6.07) is 0.183. The first-order valence-corrected chi connectivity index (χ1v) is 7.66. The zero-order valence-corrected chi connectivity index (χ0v) is 13.7. The lowest BCUT2D eigenvalue weighted by Gasteiger charge is -2.36. The van der Waals surface area contributed by atoms with Crippen molar-refractivity contribution in [1.82, 2.24) is 4.90 Å². The van der Waals surface area contributed by atoms with Crippen molar-refractivity contribution in [3.8, 4) is 0 Å². The Hall–Kier alpha value is -0.450. The van der Waals surface area contributed by atoms with Crippen LogP contribution in [0.4, 0.5) is 0 Å². The molecule has 0 bridgehead atoms. The Bertz CT molecular complexity index is 367. The van der Waals surface area contributed by atoms with Gasteiger partial charge in [0.25, 0.3) is 0 Å². The van der Waals surface area contributed by atoms with Crippen molar-refractivity contribution in [3.05, 3.63) is 0 Å². The van der Waals surface area contributed by atoms with E-state index in [9.17, 15) is 4.79 Å². The number of hydrogen-bond donors (Lipinski definition) is 0. The number of Topliss-reactive ketones (excluding diaryl/α,β-unsaturated/α-hetero) is 1. The van der Waals surface area contributed by atoms with Gasteiger partial charge in [0.2, 0.25) is 0 Å². The van der Waals surface area contributed by atoms with E-state index in [4.69, 9.17) is 9.47 Å². The van der Waals surface area contributed by atoms with Gasteiger partial charge < -0.3 is 9.47 Å². The van der Waals surface area contributed by atoms with Crippen molar-refractivity contribution in [1.29, 1.82) is 0 Å². The highest BCUT2D eigenvalue weighted by Gasteiger charge is 2.48. The molecule has 2 heterocycles. The second-order valence-electron chi connectivity index (χ2n) is 8.02. The summed E-state index contributed by atoms with van der Waals surface area (Å²) in [4.78, 5) is 14.2. The molecule has 0 aliphatic carbocycles. The Morgan fingerprint density at radius 3 is 2.20 bits per heavy atom. The van der Waals surface area contributed by atoms with Crippen LogP contribution in [0.3, 0.4) is 0 Å². The topological polar surface area (TPSA) is 38.8 Å². The fourth-order valence-electron chi connectivity index (χ4n) is 3.15. The van der Waals surface area contributed by atoms with Crippen LogP contribution in [0.1, 0.15) is 54.4 Å². The highest BCUT2D eigenvalue weighted by atomic mass is 16.6. The van der Waals surface area contributed by atoms with Crippen molar-refractivity contribution in [3.63, 3.8) is 0 Å². The van der Waals surface area contributed by atoms with Gasteiger partial charge in [-0.3, -0.25) is 9.69 Å². The molecule has 0 aromatic carbocycles. The fraction of sp³-hybridized carbons (Fsp3) is 0.938. The molecule has 20 heavy (non-hydrogen) atoms. The minimum atomic E-state index is -0.222. The standard InChI is InChI=1S/C16H29NO3/c1-15(2,3)19-13-10-17-8-7-11(18)9-12(17)14(13)20-16(4,5)6/h12-14H,7-10H2,1-6H3/t12-,13-,14-/m0/s1. The summed E-state index contributed by atoms with van der Waals surface area (Å²) < 4.78 is 12.5. The zero-order valence-electron chi connectivity index (χ0n) is 13.7. The Morgan fingerprint density at radius 2 is 1.65 bits per heavy atom. The summed E-state index contributed by atoms with van der Waals surface area (Å²) in [5, 5.41) is 0. The van der Waals surface area contributed by atoms with Crippen molar-refractivity contribution in [2.24, 2.45) is 0 Å². The third kappa shape index (κ3) is 4.03. The van der Waals surface area contributed by atoms with E-state index in [1.165, 1.54) is 0 Å². The number of fused-ring (bicyclic) bond motifs is 1. The quantitative estimate of drug-likeness (QED) is 0.780. The summed E-state index contributed by atoms with van der Waals surface area (Å²) in [7, 11) is 0. The Kier molecular flexibility index (Phi) is 4.30. The van der Waals surface area contributed by atoms with Gasteiger partial charge >= 0.3 is 0 Å². The SMILES string of the molecule is CC(C)(C)O[C@@H]1[C@@H](OC(C)(C)C)CN2CCC(=O)C[C@@H]12. The Morgan fingerprint density at radius 1 is 1.05 bits per heavy atom. The summed E-state index contributed by atoms with van der Waals surface area (Å²) in [6.45, 7) is 14.1. The summed E-state index contributed by atoms with van der Waals surface area (Å²) in [6.07, 6.45) is 1.30. The monoisotopic (exact) mass is 283 g/mol. The predicted molar refractivity (Wildman–Crippen MR) is 78.9 cm³/mol. The normalized spacial score (nSPS) is 32.5. The number of ketones is 1. The van der Waals surface area contributed by atoms with Gasteiger partial charge in [-0.15, -0.1) is 0 Å². The highest BCUT2D eigenvalue weighted by Crippen LogP contribution is 2.34. The Balaban J connectivity index is 2.16. The van der Waals surface area contributed by atoms with Gasteiger partial charge in [-0.05, 0) is 41.5 Å². The number of piperidine rings is 1. The largest absolute Gasteiger partial charge is 0.369 e. The molecule has 0 radical (unpaired) electrons. The molecule has 0 spiro atoms. The van der Waals surface area contributed by atoms with Gasteiger partial charge in [0.1, 0.15) is 11.9 Å². The molecule has 2 saturated heterocycles. The third-order valence-corrected chi connectivity index (χ3v) is 3.74. The van der Waals surface area contributed by atoms with Crippen LogP contribution in [-0.4, -0.2) is 53.2 Å². The number of rotatable bonds is 2. The van der Waals surface area contributed by atoms with Crippen LogP contribution in [0.2, 0.25) is 0 Å². The van der Waals surface area contributed by atoms with Crippen LogP contribution in [0.5, 0.6) is 0 Å². The summed E-state index contributed by atoms with van der Waals surface area (Å²) in [5.74, 6) is 0.352. The molecule has 0 saturated carbocycles. The number of ether oxygens (including phenoxy) is 2. The molecule has 4 heteroatoms. The lowest BCUT2D eigenvalue weighted by molar-refractivity contribution is -0.153. The maximum Gasteiger partial charge on any atom is 0.135 e. The minimum Gasteiger partial charge on any atom is -0.369 e. The first-order chi connectivity index (χ1) is 9.05. The van der Waals surface area contributed by atoms with E-state index in [0.29, 0.717) is 18.6 Å². The molecule has 3 atom stereocenters. The molecule has 0 aromatic heterocycles. The van der Waals surface area contributed by atoms with Gasteiger partial charge in [-0.25, -0.2) is 0 Å². The predicted octanol–water partition coefficient (Wildman–Crippen LogP) is 2.40. The molecular formula is C16H29NO3. The van der Waals surface area contributed by atoms with Crippen LogP contribution in [0, 0.1) is 0 Å². The first-order valence-electron chi connectivity index (χ1n) is 7.66. The molecule has 2 aliphatic heterocycles. The summed E-state index contributed by atoms with van der Waals surface area (Å²) in [5.41, 5.74) is -0.413. The molecule has 2 fully saturated rings. The molecule has 4 nitrogen and oxygen atoms in total. The minimum absolute atomic E-state index is 0.0153. The maximum absolute atomic E-state index is 11.8. The van der Waals surface area contributed by atoms with Crippen molar-refractivity contribution < 1.29 is 14.3 Å². The molecule has 2 rings (SSSR count). The van der Waals surface area contributed by atoms with Crippen molar-refractivity contribution in [2.45, 2.75) is 83.8 Å². The fourth-order valence-corrected chi connectivity index (χ4v) is 3.15. The average molecular weight is 283 g/mol. The van der Waals surface area contributed by atoms with Gasteiger partial charge in [0.05, 0.1) is 17.3 Å². The second-order valence-corrected chi connectivity index (χ2v) is 8.02. The molecule has 0 N–H and O–H groups in total. The van der Waals surface area contributed by atoms with E-state index < -0.39 is 0 Å². The van der Waals surface area contributed by atoms with E-state index in [-0.39, 0.29) is 29.5 Å². The van der Waals surface area contributed by atoms with Crippen molar-refractivity contribution >= 4 is 5.78 Å². The van der Waals surface area contributed by atoms with Gasteiger partial charge in [-0.2, -0.15) is 0 Å². The molecule has 0 amide bonds. The molecule has 116 valence electrons. The van der Waals surface area contributed by atoms with E-state index in [0.717, 1.165) is 13.1 Å². The zero-order chi connectivity index (χ0) is 15.1. The van der Waals surface area contributed by atoms with Gasteiger partial charge in [0, 0.05) is 32.0 Å². The third-order valence-electron chi connectivity index (χ3n) is 3.74. The number of carbonyl (C=O) groups is 1. The van der Waals surface area contributed by atoms with Gasteiger partial charge in [-0.1, -0.05) is 0 Å². The maximum atomic E-state index is 11.8. The van der Waals surface area contributed by atoms with E-state index >= 15 is 0 Å². The van der Waals surface area contributed by atoms with Crippen LogP contribution < -0.4 is 0 Å². The van der Waals surface area contributed by atoms with Crippen LogP contribution in [-0.2, 0) is 14.3 Å². The molecular weight excluding hydrogens is 254 g/mol. The smallest absolute Gasteiger partial charge is 0.135 e. The highest BCUT2D eigenvalue weighted by molar-refractivity contribution is 5.80. The average Bonchev–Trinajstić information content (AvgIpc) is 2.52. The van der Waals surface area contributed by atoms with Crippen molar-refractivity contribution in [2.75, 3.05) is 13.1 Å². The second kappa shape index (κ2) is 5.39. The van der Waals surface area contributed by atoms with Crippen LogP contribution in [0.25, 0.3) is 0 Å². The van der Waals surface area contributed by atoms with E-state index in [1.807, 2.05) is 0 Å². The van der Waals surface area contributed by atoms with E-state index in [2.05, 4.69) is 46.4 Å². The molecule has 0 aromatic rings. The van der Waals surface area contributed by atoms with Crippen LogP contribution >= 0.6 is 0 Å². The number of nitrogens with zero attached hydrogens (tertiary/aromatic N) is 1. The van der Waals surface area contributed by atoms with Crippen LogP contribution in [0.15, 0.2) is 0 Å². The van der Waals surface area contributed by atoms with E-state index in [1.54, 1.807) is 0 Å². The lowest BCUT2D eigenvalue weighted by Crippen LogP contribution is -2.47. The summed E-state index contributed by atoms with van der Waals surface area (Å²) >= 11 is 0.